The van der Waals surface area contributed by atoms with Crippen molar-refractivity contribution in [2.45, 2.75) is 25.7 Å². The van der Waals surface area contributed by atoms with Crippen LogP contribution in [0.15, 0.2) is 53.7 Å². The molecule has 0 bridgehead atoms. The Bertz CT molecular complexity index is 1340. The monoisotopic (exact) mass is 475 g/mol. The first-order chi connectivity index (χ1) is 16.5. The van der Waals surface area contributed by atoms with Gasteiger partial charge < -0.3 is 15.6 Å². The van der Waals surface area contributed by atoms with Gasteiger partial charge in [-0.3, -0.25) is 14.8 Å². The second kappa shape index (κ2) is 9.20. The van der Waals surface area contributed by atoms with Crippen LogP contribution in [0, 0.1) is 11.8 Å². The minimum atomic E-state index is -0.0975. The molecule has 1 heterocycles. The van der Waals surface area contributed by atoms with E-state index in [1.807, 2.05) is 24.3 Å². The fourth-order valence-electron chi connectivity index (χ4n) is 4.31. The lowest BCUT2D eigenvalue weighted by Crippen LogP contribution is -2.17. The highest BCUT2D eigenvalue weighted by atomic mass is 35.5. The predicted octanol–water partition coefficient (Wildman–Crippen LogP) is 5.86. The molecular formula is C27H26ClN3O3. The van der Waals surface area contributed by atoms with Gasteiger partial charge in [-0.1, -0.05) is 23.7 Å². The Morgan fingerprint density at radius 2 is 2.06 bits per heavy atom. The summed E-state index contributed by atoms with van der Waals surface area (Å²) in [6.07, 6.45) is 9.37. The van der Waals surface area contributed by atoms with E-state index in [0.29, 0.717) is 29.5 Å². The fourth-order valence-corrected chi connectivity index (χ4v) is 4.52. The van der Waals surface area contributed by atoms with Crippen LogP contribution >= 0.6 is 11.6 Å². The number of phenolic OH excluding ortho intramolecular Hbond substituents is 1. The van der Waals surface area contributed by atoms with E-state index in [1.165, 1.54) is 7.11 Å². The number of methoxy groups -OCH3 is 1. The van der Waals surface area contributed by atoms with Gasteiger partial charge in [0.25, 0.3) is 0 Å². The summed E-state index contributed by atoms with van der Waals surface area (Å²) >= 11 is 6.23. The zero-order chi connectivity index (χ0) is 23.8. The number of phenols is 1. The first-order valence-electron chi connectivity index (χ1n) is 11.5. The molecule has 2 aliphatic carbocycles. The molecule has 3 N–H and O–H groups in total. The van der Waals surface area contributed by atoms with Gasteiger partial charge in [0.15, 0.2) is 17.3 Å². The van der Waals surface area contributed by atoms with Crippen molar-refractivity contribution >= 4 is 39.7 Å². The van der Waals surface area contributed by atoms with Gasteiger partial charge in [0.05, 0.1) is 28.9 Å². The third-order valence-electron chi connectivity index (χ3n) is 6.53. The number of nitrogens with zero attached hydrogens (tertiary/aromatic N) is 2. The molecule has 0 spiro atoms. The van der Waals surface area contributed by atoms with Crippen molar-refractivity contribution in [3.05, 3.63) is 59.3 Å². The minimum absolute atomic E-state index is 0.0602. The number of carbonyl (C=O) groups is 1. The molecule has 0 saturated heterocycles. The first-order valence-corrected chi connectivity index (χ1v) is 11.9. The highest BCUT2D eigenvalue weighted by Gasteiger charge is 2.32. The zero-order valence-electron chi connectivity index (χ0n) is 18.9. The van der Waals surface area contributed by atoms with E-state index >= 15 is 0 Å². The van der Waals surface area contributed by atoms with E-state index in [9.17, 15) is 9.90 Å². The molecule has 0 amide bonds. The summed E-state index contributed by atoms with van der Waals surface area (Å²) < 4.78 is 5.27. The number of fused-ring (bicyclic) bond motifs is 1. The molecule has 3 aromatic rings. The van der Waals surface area contributed by atoms with Crippen molar-refractivity contribution in [1.82, 2.24) is 4.98 Å². The number of benzene rings is 2. The smallest absolute Gasteiger partial charge is 0.176 e. The molecule has 1 aromatic heterocycles. The highest BCUT2D eigenvalue weighted by Crippen LogP contribution is 2.41. The van der Waals surface area contributed by atoms with Gasteiger partial charge in [-0.25, -0.2) is 0 Å². The Morgan fingerprint density at radius 3 is 2.74 bits per heavy atom. The number of ketones is 1. The van der Waals surface area contributed by atoms with Crippen molar-refractivity contribution in [2.24, 2.45) is 22.6 Å². The molecule has 1 unspecified atom stereocenters. The fraction of sp³-hybridized carbons (Fsp3) is 0.296. The van der Waals surface area contributed by atoms with Crippen molar-refractivity contribution < 1.29 is 14.6 Å². The second-order valence-electron chi connectivity index (χ2n) is 8.90. The maximum absolute atomic E-state index is 13.1. The Morgan fingerprint density at radius 1 is 1.24 bits per heavy atom. The Balaban J connectivity index is 1.68. The molecule has 7 heteroatoms. The van der Waals surface area contributed by atoms with E-state index in [0.717, 1.165) is 53.4 Å². The van der Waals surface area contributed by atoms with Crippen LogP contribution in [0.3, 0.4) is 0 Å². The number of nitrogens with two attached hydrogens (primary N) is 1. The van der Waals surface area contributed by atoms with Crippen molar-refractivity contribution in [2.75, 3.05) is 13.7 Å². The quantitative estimate of drug-likeness (QED) is 0.435. The summed E-state index contributed by atoms with van der Waals surface area (Å²) in [6.45, 7) is 0.620. The maximum Gasteiger partial charge on any atom is 0.176 e. The average molecular weight is 476 g/mol. The van der Waals surface area contributed by atoms with Crippen LogP contribution in [0.25, 0.3) is 22.0 Å². The van der Waals surface area contributed by atoms with Crippen LogP contribution in [0.2, 0.25) is 5.02 Å². The van der Waals surface area contributed by atoms with E-state index in [1.54, 1.807) is 18.3 Å². The van der Waals surface area contributed by atoms with Gasteiger partial charge in [0, 0.05) is 23.2 Å². The largest absolute Gasteiger partial charge is 0.503 e. The van der Waals surface area contributed by atoms with Crippen LogP contribution < -0.4 is 10.5 Å². The number of ether oxygens (including phenoxy) is 1. The highest BCUT2D eigenvalue weighted by molar-refractivity contribution is 6.32. The number of allylic oxidation sites excluding steroid dienone is 1. The number of carbonyl (C=O) groups excluding carboxylic acids is 1. The van der Waals surface area contributed by atoms with Crippen molar-refractivity contribution in [1.29, 1.82) is 0 Å². The van der Waals surface area contributed by atoms with E-state index < -0.39 is 0 Å². The Kier molecular flexibility index (Phi) is 6.11. The summed E-state index contributed by atoms with van der Waals surface area (Å²) in [5.74, 6) is 0.722. The molecule has 1 atom stereocenters. The molecule has 2 aromatic carbocycles. The summed E-state index contributed by atoms with van der Waals surface area (Å²) in [7, 11) is 1.48. The average Bonchev–Trinajstić information content (AvgIpc) is 3.71. The van der Waals surface area contributed by atoms with Gasteiger partial charge in [-0.2, -0.15) is 0 Å². The van der Waals surface area contributed by atoms with Gasteiger partial charge >= 0.3 is 0 Å². The number of hydrogen-bond donors (Lipinski definition) is 2. The SMILES string of the molecule is COc1cc(-c2ccc3ncc(C(=O)C4CC4)c(N=C4C=CC(CN)CC4)c3c2)cc(Cl)c1O. The summed E-state index contributed by atoms with van der Waals surface area (Å²) in [5, 5.41) is 11.1. The number of halogens is 1. The Labute approximate surface area is 203 Å². The number of aromatic nitrogens is 1. The molecule has 5 rings (SSSR count). The predicted molar refractivity (Wildman–Crippen MR) is 135 cm³/mol. The number of pyridine rings is 1. The molecule has 2 aliphatic rings. The van der Waals surface area contributed by atoms with Gasteiger partial charge in [0.2, 0.25) is 0 Å². The van der Waals surface area contributed by atoms with E-state index in [4.69, 9.17) is 27.1 Å². The Hall–Kier alpha value is -3.22. The standard InChI is InChI=1S/C27H26ClN3O3/c1-34-24-12-18(11-22(28)27(24)33)17-6-9-23-20(10-17)25(21(14-30-23)26(32)16-4-5-16)31-19-7-2-15(13-29)3-8-19/h2,6-7,9-12,14-16,33H,3-5,8,13,29H2,1H3. The zero-order valence-corrected chi connectivity index (χ0v) is 19.7. The lowest BCUT2D eigenvalue weighted by atomic mass is 9.94. The molecule has 6 nitrogen and oxygen atoms in total. The summed E-state index contributed by atoms with van der Waals surface area (Å²) in [4.78, 5) is 22.7. The van der Waals surface area contributed by atoms with Crippen LogP contribution in [-0.2, 0) is 0 Å². The minimum Gasteiger partial charge on any atom is -0.503 e. The molecule has 1 saturated carbocycles. The third-order valence-corrected chi connectivity index (χ3v) is 6.81. The summed E-state index contributed by atoms with van der Waals surface area (Å²) in [5.41, 5.74) is 10.4. The molecule has 0 aliphatic heterocycles. The summed E-state index contributed by atoms with van der Waals surface area (Å²) in [6, 6.07) is 9.24. The number of aliphatic imine (C=N–C) groups is 1. The maximum atomic E-state index is 13.1. The molecule has 174 valence electrons. The lowest BCUT2D eigenvalue weighted by Gasteiger charge is -2.16. The van der Waals surface area contributed by atoms with Crippen molar-refractivity contribution in [3.63, 3.8) is 0 Å². The number of Topliss-reactive ketones (excluding diaryl/α,β-unsaturated/α-hetero) is 1. The van der Waals surface area contributed by atoms with Crippen molar-refractivity contribution in [3.8, 4) is 22.6 Å². The van der Waals surface area contributed by atoms with Gasteiger partial charge in [0.1, 0.15) is 0 Å². The molecular weight excluding hydrogens is 450 g/mol. The van der Waals surface area contributed by atoms with E-state index in [-0.39, 0.29) is 22.5 Å². The number of hydrogen-bond acceptors (Lipinski definition) is 6. The van der Waals surface area contributed by atoms with Crippen LogP contribution in [-0.4, -0.2) is 35.2 Å². The first kappa shape index (κ1) is 22.6. The third kappa shape index (κ3) is 4.31. The van der Waals surface area contributed by atoms with Crippen LogP contribution in [0.1, 0.15) is 36.0 Å². The topological polar surface area (TPSA) is 97.8 Å². The number of aromatic hydroxyl groups is 1. The van der Waals surface area contributed by atoms with Gasteiger partial charge in [-0.05, 0) is 79.6 Å². The van der Waals surface area contributed by atoms with E-state index in [2.05, 4.69) is 11.1 Å². The number of rotatable bonds is 6. The van der Waals surface area contributed by atoms with Crippen LogP contribution in [0.4, 0.5) is 5.69 Å². The second-order valence-corrected chi connectivity index (χ2v) is 9.30. The molecule has 0 radical (unpaired) electrons. The van der Waals surface area contributed by atoms with Crippen LogP contribution in [0.5, 0.6) is 11.5 Å². The lowest BCUT2D eigenvalue weighted by molar-refractivity contribution is 0.0968. The molecule has 1 fully saturated rings. The molecule has 34 heavy (non-hydrogen) atoms. The van der Waals surface area contributed by atoms with Gasteiger partial charge in [-0.15, -0.1) is 0 Å². The normalized spacial score (nSPS) is 19.0.